The second kappa shape index (κ2) is 8.81. The molecule has 22 heavy (non-hydrogen) atoms. The molecule has 1 heterocycles. The number of benzene rings is 1. The predicted molar refractivity (Wildman–Crippen MR) is 88.7 cm³/mol. The molecule has 0 aromatic heterocycles. The number of rotatable bonds is 9. The van der Waals surface area contributed by atoms with Crippen LogP contribution in [0.4, 0.5) is 0 Å². The lowest BCUT2D eigenvalue weighted by Crippen LogP contribution is -2.25. The van der Waals surface area contributed by atoms with Crippen LogP contribution in [-0.2, 0) is 17.7 Å². The molecule has 1 aromatic rings. The minimum Gasteiger partial charge on any atom is -0.493 e. The molecule has 1 saturated heterocycles. The fourth-order valence-corrected chi connectivity index (χ4v) is 2.77. The van der Waals surface area contributed by atoms with Crippen molar-refractivity contribution in [2.75, 3.05) is 26.9 Å². The van der Waals surface area contributed by atoms with E-state index in [0.717, 1.165) is 49.6 Å². The van der Waals surface area contributed by atoms with Crippen LogP contribution in [0.3, 0.4) is 0 Å². The van der Waals surface area contributed by atoms with E-state index in [-0.39, 0.29) is 0 Å². The van der Waals surface area contributed by atoms with Crippen LogP contribution >= 0.6 is 0 Å². The zero-order valence-corrected chi connectivity index (χ0v) is 13.7. The number of hydrogen-bond donors (Lipinski definition) is 1. The molecule has 0 saturated carbocycles. The van der Waals surface area contributed by atoms with Crippen molar-refractivity contribution in [2.45, 2.75) is 38.8 Å². The maximum Gasteiger partial charge on any atom is 0.164 e. The van der Waals surface area contributed by atoms with Crippen LogP contribution in [0.5, 0.6) is 11.5 Å². The van der Waals surface area contributed by atoms with E-state index in [2.05, 4.69) is 18.0 Å². The highest BCUT2D eigenvalue weighted by molar-refractivity contribution is 5.50. The Hall–Kier alpha value is -1.52. The van der Waals surface area contributed by atoms with Crippen molar-refractivity contribution < 1.29 is 14.2 Å². The van der Waals surface area contributed by atoms with E-state index < -0.39 is 0 Å². The van der Waals surface area contributed by atoms with Crippen molar-refractivity contribution in [3.63, 3.8) is 0 Å². The summed E-state index contributed by atoms with van der Waals surface area (Å²) in [7, 11) is 1.68. The van der Waals surface area contributed by atoms with Gasteiger partial charge in [0.05, 0.1) is 19.8 Å². The smallest absolute Gasteiger partial charge is 0.164 e. The van der Waals surface area contributed by atoms with E-state index >= 15 is 0 Å². The van der Waals surface area contributed by atoms with Gasteiger partial charge in [-0.1, -0.05) is 12.1 Å². The second-order valence-corrected chi connectivity index (χ2v) is 5.48. The average Bonchev–Trinajstić information content (AvgIpc) is 3.03. The molecule has 1 aromatic carbocycles. The Kier molecular flexibility index (Phi) is 6.74. The van der Waals surface area contributed by atoms with Crippen molar-refractivity contribution in [1.29, 1.82) is 0 Å². The van der Waals surface area contributed by atoms with Gasteiger partial charge in [0, 0.05) is 25.3 Å². The third kappa shape index (κ3) is 4.49. The molecule has 1 fully saturated rings. The highest BCUT2D eigenvalue weighted by Gasteiger charge is 2.15. The maximum atomic E-state index is 5.74. The summed E-state index contributed by atoms with van der Waals surface area (Å²) in [6.45, 7) is 9.02. The number of hydrogen-bond acceptors (Lipinski definition) is 4. The fourth-order valence-electron chi connectivity index (χ4n) is 2.77. The standard InChI is InChI=1S/C18H27NO3/c1-4-7-15-10-14(11-17(20-3)18(15)21-5-2)12-19-13-16-8-6-9-22-16/h4,10-11,16,19H,1,5-9,12-13H2,2-3H3. The Bertz CT molecular complexity index is 481. The molecular formula is C18H27NO3. The van der Waals surface area contributed by atoms with E-state index in [4.69, 9.17) is 14.2 Å². The predicted octanol–water partition coefficient (Wildman–Crippen LogP) is 3.09. The summed E-state index contributed by atoms with van der Waals surface area (Å²) >= 11 is 0. The van der Waals surface area contributed by atoms with Gasteiger partial charge in [-0.15, -0.1) is 6.58 Å². The summed E-state index contributed by atoms with van der Waals surface area (Å²) in [5.74, 6) is 1.61. The van der Waals surface area contributed by atoms with Crippen molar-refractivity contribution in [3.8, 4) is 11.5 Å². The quantitative estimate of drug-likeness (QED) is 0.712. The molecule has 2 rings (SSSR count). The molecule has 1 atom stereocenters. The zero-order chi connectivity index (χ0) is 15.8. The zero-order valence-electron chi connectivity index (χ0n) is 13.7. The minimum absolute atomic E-state index is 0.359. The highest BCUT2D eigenvalue weighted by Crippen LogP contribution is 2.33. The van der Waals surface area contributed by atoms with Gasteiger partial charge in [0.1, 0.15) is 0 Å². The summed E-state index contributed by atoms with van der Waals surface area (Å²) in [5, 5.41) is 3.47. The molecular weight excluding hydrogens is 278 g/mol. The van der Waals surface area contributed by atoms with Gasteiger partial charge in [-0.05, 0) is 37.8 Å². The molecule has 122 valence electrons. The van der Waals surface area contributed by atoms with Crippen LogP contribution in [0.2, 0.25) is 0 Å². The highest BCUT2D eigenvalue weighted by atomic mass is 16.5. The van der Waals surface area contributed by atoms with Crippen LogP contribution in [0.1, 0.15) is 30.9 Å². The van der Waals surface area contributed by atoms with Crippen LogP contribution in [0.25, 0.3) is 0 Å². The molecule has 1 N–H and O–H groups in total. The molecule has 4 nitrogen and oxygen atoms in total. The summed E-state index contributed by atoms with van der Waals surface area (Å²) in [6, 6.07) is 4.21. The fraction of sp³-hybridized carbons (Fsp3) is 0.556. The Morgan fingerprint density at radius 3 is 2.95 bits per heavy atom. The van der Waals surface area contributed by atoms with Gasteiger partial charge in [-0.3, -0.25) is 0 Å². The SMILES string of the molecule is C=CCc1cc(CNCC2CCCO2)cc(OC)c1OCC. The molecule has 0 spiro atoms. The van der Waals surface area contributed by atoms with Gasteiger partial charge in [-0.2, -0.15) is 0 Å². The number of nitrogens with one attached hydrogen (secondary N) is 1. The van der Waals surface area contributed by atoms with Crippen molar-refractivity contribution >= 4 is 0 Å². The molecule has 0 radical (unpaired) electrons. The minimum atomic E-state index is 0.359. The van der Waals surface area contributed by atoms with E-state index in [1.807, 2.05) is 19.1 Å². The second-order valence-electron chi connectivity index (χ2n) is 5.48. The van der Waals surface area contributed by atoms with Gasteiger partial charge in [0.15, 0.2) is 11.5 Å². The van der Waals surface area contributed by atoms with E-state index in [0.29, 0.717) is 12.7 Å². The van der Waals surface area contributed by atoms with Crippen molar-refractivity contribution in [1.82, 2.24) is 5.32 Å². The van der Waals surface area contributed by atoms with Crippen LogP contribution < -0.4 is 14.8 Å². The third-order valence-electron chi connectivity index (χ3n) is 3.79. The van der Waals surface area contributed by atoms with Crippen LogP contribution in [0, 0.1) is 0 Å². The van der Waals surface area contributed by atoms with E-state index in [9.17, 15) is 0 Å². The van der Waals surface area contributed by atoms with Crippen LogP contribution in [-0.4, -0.2) is 33.0 Å². The molecule has 0 aliphatic carbocycles. The lowest BCUT2D eigenvalue weighted by Gasteiger charge is -2.16. The summed E-state index contributed by atoms with van der Waals surface area (Å²) in [6.07, 6.45) is 5.34. The molecule has 0 amide bonds. The van der Waals surface area contributed by atoms with E-state index in [1.165, 1.54) is 12.0 Å². The lowest BCUT2D eigenvalue weighted by atomic mass is 10.1. The molecule has 0 bridgehead atoms. The number of allylic oxidation sites excluding steroid dienone is 1. The van der Waals surface area contributed by atoms with E-state index in [1.54, 1.807) is 7.11 Å². The summed E-state index contributed by atoms with van der Waals surface area (Å²) in [5.41, 5.74) is 2.31. The Morgan fingerprint density at radius 2 is 2.32 bits per heavy atom. The Balaban J connectivity index is 2.05. The molecule has 1 unspecified atom stereocenters. The van der Waals surface area contributed by atoms with Gasteiger partial charge in [0.25, 0.3) is 0 Å². The normalized spacial score (nSPS) is 17.5. The molecule has 1 aliphatic heterocycles. The first kappa shape index (κ1) is 16.8. The Labute approximate surface area is 133 Å². The van der Waals surface area contributed by atoms with Crippen LogP contribution in [0.15, 0.2) is 24.8 Å². The largest absolute Gasteiger partial charge is 0.493 e. The lowest BCUT2D eigenvalue weighted by molar-refractivity contribution is 0.110. The summed E-state index contributed by atoms with van der Waals surface area (Å²) < 4.78 is 16.9. The number of ether oxygens (including phenoxy) is 3. The van der Waals surface area contributed by atoms with Gasteiger partial charge >= 0.3 is 0 Å². The summed E-state index contributed by atoms with van der Waals surface area (Å²) in [4.78, 5) is 0. The van der Waals surface area contributed by atoms with Gasteiger partial charge in [0.2, 0.25) is 0 Å². The van der Waals surface area contributed by atoms with Crippen molar-refractivity contribution in [2.24, 2.45) is 0 Å². The van der Waals surface area contributed by atoms with Gasteiger partial charge < -0.3 is 19.5 Å². The topological polar surface area (TPSA) is 39.7 Å². The average molecular weight is 305 g/mol. The monoisotopic (exact) mass is 305 g/mol. The van der Waals surface area contributed by atoms with Gasteiger partial charge in [-0.25, -0.2) is 0 Å². The molecule has 1 aliphatic rings. The molecule has 4 heteroatoms. The third-order valence-corrected chi connectivity index (χ3v) is 3.79. The Morgan fingerprint density at radius 1 is 1.45 bits per heavy atom. The van der Waals surface area contributed by atoms with Crippen molar-refractivity contribution in [3.05, 3.63) is 35.9 Å². The first-order valence-corrected chi connectivity index (χ1v) is 8.04. The maximum absolute atomic E-state index is 5.74. The number of methoxy groups -OCH3 is 1. The first-order valence-electron chi connectivity index (χ1n) is 8.04. The first-order chi connectivity index (χ1) is 10.8.